The second-order valence-electron chi connectivity index (χ2n) is 3.12. The molecule has 1 N–H and O–H groups in total. The van der Waals surface area contributed by atoms with E-state index in [9.17, 15) is 4.79 Å². The van der Waals surface area contributed by atoms with E-state index in [-0.39, 0.29) is 11.8 Å². The maximum Gasteiger partial charge on any atom is 0.239 e. The van der Waals surface area contributed by atoms with E-state index in [1.807, 2.05) is 6.92 Å². The average molecular weight is 232 g/mol. The topological polar surface area (TPSA) is 29.1 Å². The lowest BCUT2D eigenvalue weighted by atomic mass is 10.2. The summed E-state index contributed by atoms with van der Waals surface area (Å²) in [5.74, 6) is -0.125. The Morgan fingerprint density at radius 3 is 2.64 bits per heavy atom. The highest BCUT2D eigenvalue weighted by atomic mass is 35.5. The lowest BCUT2D eigenvalue weighted by Crippen LogP contribution is -2.13. The molecule has 0 fully saturated rings. The minimum absolute atomic E-state index is 0.0114. The van der Waals surface area contributed by atoms with Crippen molar-refractivity contribution < 1.29 is 4.79 Å². The summed E-state index contributed by atoms with van der Waals surface area (Å²) in [5.41, 5.74) is 2.12. The minimum Gasteiger partial charge on any atom is -0.324 e. The lowest BCUT2D eigenvalue weighted by Gasteiger charge is -2.04. The third-order valence-electron chi connectivity index (χ3n) is 2.17. The van der Waals surface area contributed by atoms with Crippen LogP contribution >= 0.6 is 22.9 Å². The maximum atomic E-state index is 11.2. The van der Waals surface area contributed by atoms with Gasteiger partial charge in [0, 0.05) is 9.75 Å². The molecule has 0 spiro atoms. The molecular weight excluding hydrogens is 218 g/mol. The highest BCUT2D eigenvalue weighted by Crippen LogP contribution is 2.32. The average Bonchev–Trinajstić information content (AvgIpc) is 2.45. The number of alkyl halides is 1. The van der Waals surface area contributed by atoms with Gasteiger partial charge in [0.15, 0.2) is 0 Å². The molecule has 1 amide bonds. The molecule has 1 aromatic heterocycles. The molecule has 0 aliphatic carbocycles. The summed E-state index contributed by atoms with van der Waals surface area (Å²) in [4.78, 5) is 13.6. The highest BCUT2D eigenvalue weighted by molar-refractivity contribution is 7.12. The van der Waals surface area contributed by atoms with Crippen LogP contribution in [0.4, 0.5) is 5.69 Å². The zero-order valence-corrected chi connectivity index (χ0v) is 10.2. The van der Waals surface area contributed by atoms with Gasteiger partial charge in [-0.15, -0.1) is 22.9 Å². The third-order valence-corrected chi connectivity index (χ3v) is 3.76. The first kappa shape index (κ1) is 11.5. The molecule has 0 aromatic carbocycles. The number of hydrogen-bond donors (Lipinski definition) is 1. The quantitative estimate of drug-likeness (QED) is 0.796. The van der Waals surface area contributed by atoms with E-state index < -0.39 is 0 Å². The molecule has 78 valence electrons. The number of hydrogen-bond acceptors (Lipinski definition) is 2. The maximum absolute atomic E-state index is 11.2. The second-order valence-corrected chi connectivity index (χ2v) is 4.69. The van der Waals surface area contributed by atoms with Gasteiger partial charge in [0.1, 0.15) is 5.88 Å². The van der Waals surface area contributed by atoms with Gasteiger partial charge < -0.3 is 5.32 Å². The predicted molar refractivity (Wildman–Crippen MR) is 62.5 cm³/mol. The fraction of sp³-hybridized carbons (Fsp3) is 0.500. The van der Waals surface area contributed by atoms with Gasteiger partial charge in [-0.3, -0.25) is 4.79 Å². The van der Waals surface area contributed by atoms with Crippen LogP contribution in [0.2, 0.25) is 0 Å². The summed E-state index contributed by atoms with van der Waals surface area (Å²) >= 11 is 7.18. The molecule has 1 rings (SSSR count). The molecule has 0 aliphatic rings. The van der Waals surface area contributed by atoms with E-state index in [0.29, 0.717) is 0 Å². The third kappa shape index (κ3) is 2.28. The summed E-state index contributed by atoms with van der Waals surface area (Å²) in [7, 11) is 0. The van der Waals surface area contributed by atoms with E-state index >= 15 is 0 Å². The van der Waals surface area contributed by atoms with Crippen LogP contribution in [0.25, 0.3) is 0 Å². The first-order chi connectivity index (χ1) is 6.60. The van der Waals surface area contributed by atoms with Crippen LogP contribution in [0.3, 0.4) is 0 Å². The van der Waals surface area contributed by atoms with Crippen LogP contribution in [-0.4, -0.2) is 11.8 Å². The molecule has 14 heavy (non-hydrogen) atoms. The first-order valence-electron chi connectivity index (χ1n) is 4.54. The van der Waals surface area contributed by atoms with Gasteiger partial charge in [0.2, 0.25) is 5.91 Å². The number of thiophene rings is 1. The monoisotopic (exact) mass is 231 g/mol. The number of aryl methyl sites for hydroxylation is 2. The van der Waals surface area contributed by atoms with Crippen LogP contribution in [0.15, 0.2) is 0 Å². The zero-order valence-electron chi connectivity index (χ0n) is 8.61. The molecule has 2 nitrogen and oxygen atoms in total. The van der Waals surface area contributed by atoms with E-state index in [0.717, 1.165) is 17.7 Å². The Kier molecular flexibility index (Phi) is 3.96. The van der Waals surface area contributed by atoms with Crippen molar-refractivity contribution in [3.8, 4) is 0 Å². The van der Waals surface area contributed by atoms with Crippen LogP contribution in [0.5, 0.6) is 0 Å². The predicted octanol–water partition coefficient (Wildman–Crippen LogP) is 3.10. The molecule has 0 unspecified atom stereocenters. The summed E-state index contributed by atoms with van der Waals surface area (Å²) in [6.45, 7) is 6.17. The number of amides is 1. The Labute approximate surface area is 93.3 Å². The van der Waals surface area contributed by atoms with E-state index in [1.54, 1.807) is 11.3 Å². The Balaban J connectivity index is 2.99. The van der Waals surface area contributed by atoms with Crippen molar-refractivity contribution in [1.82, 2.24) is 0 Å². The van der Waals surface area contributed by atoms with Crippen LogP contribution in [-0.2, 0) is 11.2 Å². The highest BCUT2D eigenvalue weighted by Gasteiger charge is 2.12. The molecule has 0 radical (unpaired) electrons. The fourth-order valence-corrected chi connectivity index (χ4v) is 2.42. The number of halogens is 1. The van der Waals surface area contributed by atoms with Gasteiger partial charge in [-0.25, -0.2) is 0 Å². The van der Waals surface area contributed by atoms with Crippen molar-refractivity contribution in [2.75, 3.05) is 11.2 Å². The molecule has 0 aliphatic heterocycles. The second kappa shape index (κ2) is 4.80. The van der Waals surface area contributed by atoms with Gasteiger partial charge in [-0.05, 0) is 25.8 Å². The van der Waals surface area contributed by atoms with E-state index in [2.05, 4.69) is 19.2 Å². The standard InChI is InChI=1S/C10H14ClNOS/c1-4-8-10(12-9(13)5-11)6(2)7(3)14-8/h4-5H2,1-3H3,(H,12,13). The van der Waals surface area contributed by atoms with E-state index in [4.69, 9.17) is 11.6 Å². The SMILES string of the molecule is CCc1sc(C)c(C)c1NC(=O)CCl. The zero-order chi connectivity index (χ0) is 10.7. The first-order valence-corrected chi connectivity index (χ1v) is 5.89. The Morgan fingerprint density at radius 2 is 2.14 bits per heavy atom. The summed E-state index contributed by atoms with van der Waals surface area (Å²) in [6.07, 6.45) is 0.942. The molecule has 0 bridgehead atoms. The van der Waals surface area contributed by atoms with Gasteiger partial charge in [0.25, 0.3) is 0 Å². The number of carbonyl (C=O) groups is 1. The Hall–Kier alpha value is -0.540. The van der Waals surface area contributed by atoms with Gasteiger partial charge in [-0.2, -0.15) is 0 Å². The largest absolute Gasteiger partial charge is 0.324 e. The number of nitrogens with one attached hydrogen (secondary N) is 1. The normalized spacial score (nSPS) is 10.3. The summed E-state index contributed by atoms with van der Waals surface area (Å²) in [6, 6.07) is 0. The smallest absolute Gasteiger partial charge is 0.239 e. The molecule has 0 atom stereocenters. The molecule has 0 saturated heterocycles. The molecule has 4 heteroatoms. The fourth-order valence-electron chi connectivity index (χ4n) is 1.28. The molecular formula is C10H14ClNOS. The Bertz CT molecular complexity index is 346. The van der Waals surface area contributed by atoms with Crippen molar-refractivity contribution in [1.29, 1.82) is 0 Å². The van der Waals surface area contributed by atoms with Gasteiger partial charge >= 0.3 is 0 Å². The van der Waals surface area contributed by atoms with E-state index in [1.165, 1.54) is 9.75 Å². The van der Waals surface area contributed by atoms with Crippen LogP contribution in [0, 0.1) is 13.8 Å². The minimum atomic E-state index is -0.137. The van der Waals surface area contributed by atoms with Crippen molar-refractivity contribution in [2.24, 2.45) is 0 Å². The number of rotatable bonds is 3. The molecule has 0 saturated carbocycles. The molecule has 1 aromatic rings. The van der Waals surface area contributed by atoms with Gasteiger partial charge in [0.05, 0.1) is 5.69 Å². The summed E-state index contributed by atoms with van der Waals surface area (Å²) < 4.78 is 0. The van der Waals surface area contributed by atoms with Crippen LogP contribution < -0.4 is 5.32 Å². The van der Waals surface area contributed by atoms with Crippen molar-refractivity contribution in [2.45, 2.75) is 27.2 Å². The van der Waals surface area contributed by atoms with Crippen molar-refractivity contribution >= 4 is 34.5 Å². The molecule has 1 heterocycles. The van der Waals surface area contributed by atoms with Crippen molar-refractivity contribution in [3.05, 3.63) is 15.3 Å². The lowest BCUT2D eigenvalue weighted by molar-refractivity contribution is -0.113. The number of carbonyl (C=O) groups excluding carboxylic acids is 1. The summed E-state index contributed by atoms with van der Waals surface area (Å²) in [5, 5.41) is 2.84. The number of anilines is 1. The van der Waals surface area contributed by atoms with Gasteiger partial charge in [-0.1, -0.05) is 6.92 Å². The van der Waals surface area contributed by atoms with Crippen molar-refractivity contribution in [3.63, 3.8) is 0 Å². The van der Waals surface area contributed by atoms with Crippen LogP contribution in [0.1, 0.15) is 22.2 Å². The Morgan fingerprint density at radius 1 is 1.50 bits per heavy atom.